The van der Waals surface area contributed by atoms with Crippen molar-refractivity contribution in [2.24, 2.45) is 0 Å². The molecular formula is C14H10INS2. The normalized spacial score (nSPS) is 10.5. The number of anilines is 2. The van der Waals surface area contributed by atoms with Crippen LogP contribution in [-0.2, 0) is 0 Å². The van der Waals surface area contributed by atoms with Crippen LogP contribution in [0.3, 0.4) is 0 Å². The summed E-state index contributed by atoms with van der Waals surface area (Å²) in [5, 5.41) is 6.77. The Morgan fingerprint density at radius 3 is 2.56 bits per heavy atom. The molecule has 0 aliphatic rings. The van der Waals surface area contributed by atoms with E-state index < -0.39 is 0 Å². The van der Waals surface area contributed by atoms with Gasteiger partial charge in [0.2, 0.25) is 0 Å². The molecule has 0 bridgehead atoms. The Hall–Kier alpha value is -0.850. The second-order valence-corrected chi connectivity index (χ2v) is 6.94. The molecule has 3 aromatic rings. The lowest BCUT2D eigenvalue weighted by atomic mass is 10.3. The summed E-state index contributed by atoms with van der Waals surface area (Å²) in [6, 6.07) is 16.9. The Labute approximate surface area is 128 Å². The predicted molar refractivity (Wildman–Crippen MR) is 90.1 cm³/mol. The van der Waals surface area contributed by atoms with Gasteiger partial charge in [0, 0.05) is 13.3 Å². The first-order chi connectivity index (χ1) is 8.83. The van der Waals surface area contributed by atoms with Crippen LogP contribution in [0.4, 0.5) is 10.7 Å². The minimum atomic E-state index is 1.16. The zero-order chi connectivity index (χ0) is 12.4. The molecule has 0 saturated carbocycles. The summed E-state index contributed by atoms with van der Waals surface area (Å²) in [5.74, 6) is 0. The lowest BCUT2D eigenvalue weighted by molar-refractivity contribution is 1.57. The highest BCUT2D eigenvalue weighted by Gasteiger charge is 2.05. The highest BCUT2D eigenvalue weighted by molar-refractivity contribution is 14.1. The molecule has 18 heavy (non-hydrogen) atoms. The SMILES string of the molecule is Ic1ccccc1Nc1ccc(-c2cccs2)s1. The van der Waals surface area contributed by atoms with Crippen LogP contribution in [0.1, 0.15) is 0 Å². The fourth-order valence-corrected chi connectivity index (χ4v) is 3.93. The Morgan fingerprint density at radius 1 is 0.889 bits per heavy atom. The number of para-hydroxylation sites is 1. The average molecular weight is 383 g/mol. The Bertz CT molecular complexity index is 643. The summed E-state index contributed by atoms with van der Waals surface area (Å²) in [6.07, 6.45) is 0. The fourth-order valence-electron chi connectivity index (χ4n) is 1.65. The summed E-state index contributed by atoms with van der Waals surface area (Å²) in [6.45, 7) is 0. The molecule has 0 saturated heterocycles. The Morgan fingerprint density at radius 2 is 1.78 bits per heavy atom. The fraction of sp³-hybridized carbons (Fsp3) is 0. The van der Waals surface area contributed by atoms with E-state index in [-0.39, 0.29) is 0 Å². The van der Waals surface area contributed by atoms with E-state index in [2.05, 4.69) is 81.8 Å². The minimum absolute atomic E-state index is 1.16. The van der Waals surface area contributed by atoms with Gasteiger partial charge in [0.25, 0.3) is 0 Å². The van der Waals surface area contributed by atoms with Gasteiger partial charge in [-0.2, -0.15) is 0 Å². The summed E-state index contributed by atoms with van der Waals surface area (Å²) >= 11 is 5.92. The smallest absolute Gasteiger partial charge is 0.0933 e. The second-order valence-electron chi connectivity index (χ2n) is 3.75. The van der Waals surface area contributed by atoms with Crippen LogP contribution in [0, 0.1) is 3.57 Å². The van der Waals surface area contributed by atoms with E-state index in [1.165, 1.54) is 18.3 Å². The van der Waals surface area contributed by atoms with Crippen molar-refractivity contribution in [1.82, 2.24) is 0 Å². The van der Waals surface area contributed by atoms with Crippen molar-refractivity contribution in [1.29, 1.82) is 0 Å². The number of nitrogens with one attached hydrogen (secondary N) is 1. The lowest BCUT2D eigenvalue weighted by Gasteiger charge is -2.05. The van der Waals surface area contributed by atoms with E-state index in [1.807, 2.05) is 0 Å². The van der Waals surface area contributed by atoms with Gasteiger partial charge >= 0.3 is 0 Å². The highest BCUT2D eigenvalue weighted by atomic mass is 127. The van der Waals surface area contributed by atoms with Gasteiger partial charge in [-0.05, 0) is 58.3 Å². The third kappa shape index (κ3) is 2.60. The molecule has 1 nitrogen and oxygen atoms in total. The Balaban J connectivity index is 1.85. The molecular weight excluding hydrogens is 373 g/mol. The molecule has 0 amide bonds. The topological polar surface area (TPSA) is 12.0 Å². The van der Waals surface area contributed by atoms with Crippen molar-refractivity contribution in [3.05, 3.63) is 57.5 Å². The van der Waals surface area contributed by atoms with Crippen molar-refractivity contribution in [3.63, 3.8) is 0 Å². The zero-order valence-electron chi connectivity index (χ0n) is 9.39. The number of rotatable bonds is 3. The lowest BCUT2D eigenvalue weighted by Crippen LogP contribution is -1.89. The first-order valence-electron chi connectivity index (χ1n) is 5.48. The second kappa shape index (κ2) is 5.42. The largest absolute Gasteiger partial charge is 0.346 e. The molecule has 0 radical (unpaired) electrons. The summed E-state index contributed by atoms with van der Waals surface area (Å²) < 4.78 is 1.24. The van der Waals surface area contributed by atoms with Gasteiger partial charge in [-0.3, -0.25) is 0 Å². The summed E-state index contributed by atoms with van der Waals surface area (Å²) in [4.78, 5) is 2.65. The van der Waals surface area contributed by atoms with Crippen LogP contribution in [0.25, 0.3) is 9.75 Å². The number of benzene rings is 1. The van der Waals surface area contributed by atoms with Crippen LogP contribution < -0.4 is 5.32 Å². The molecule has 2 aromatic heterocycles. The monoisotopic (exact) mass is 383 g/mol. The van der Waals surface area contributed by atoms with E-state index in [9.17, 15) is 0 Å². The van der Waals surface area contributed by atoms with E-state index in [0.29, 0.717) is 0 Å². The van der Waals surface area contributed by atoms with E-state index in [1.54, 1.807) is 22.7 Å². The van der Waals surface area contributed by atoms with Crippen LogP contribution in [0.15, 0.2) is 53.9 Å². The minimum Gasteiger partial charge on any atom is -0.346 e. The van der Waals surface area contributed by atoms with Gasteiger partial charge in [-0.1, -0.05) is 18.2 Å². The molecule has 3 rings (SSSR count). The van der Waals surface area contributed by atoms with Gasteiger partial charge in [-0.15, -0.1) is 22.7 Å². The molecule has 0 aliphatic heterocycles. The standard InChI is InChI=1S/C14H10INS2/c15-10-4-1-2-5-11(10)16-14-8-7-13(18-14)12-6-3-9-17-12/h1-9,16H. The maximum atomic E-state index is 3.47. The maximum Gasteiger partial charge on any atom is 0.0933 e. The van der Waals surface area contributed by atoms with E-state index in [4.69, 9.17) is 0 Å². The van der Waals surface area contributed by atoms with Crippen molar-refractivity contribution in [2.45, 2.75) is 0 Å². The maximum absolute atomic E-state index is 3.47. The molecule has 90 valence electrons. The van der Waals surface area contributed by atoms with Crippen molar-refractivity contribution >= 4 is 56.0 Å². The summed E-state index contributed by atoms with van der Waals surface area (Å²) in [5.41, 5.74) is 1.16. The third-order valence-electron chi connectivity index (χ3n) is 2.50. The van der Waals surface area contributed by atoms with Crippen LogP contribution in [0.2, 0.25) is 0 Å². The molecule has 4 heteroatoms. The third-order valence-corrected chi connectivity index (χ3v) is 5.51. The molecule has 0 atom stereocenters. The molecule has 0 unspecified atom stereocenters. The van der Waals surface area contributed by atoms with Gasteiger partial charge in [0.15, 0.2) is 0 Å². The van der Waals surface area contributed by atoms with Gasteiger partial charge in [0.1, 0.15) is 0 Å². The van der Waals surface area contributed by atoms with Crippen molar-refractivity contribution in [2.75, 3.05) is 5.32 Å². The quantitative estimate of drug-likeness (QED) is 0.562. The van der Waals surface area contributed by atoms with Gasteiger partial charge in [-0.25, -0.2) is 0 Å². The average Bonchev–Trinajstić information content (AvgIpc) is 3.02. The first kappa shape index (κ1) is 12.2. The molecule has 1 aromatic carbocycles. The van der Waals surface area contributed by atoms with Crippen molar-refractivity contribution < 1.29 is 0 Å². The van der Waals surface area contributed by atoms with Crippen LogP contribution >= 0.6 is 45.3 Å². The van der Waals surface area contributed by atoms with Crippen LogP contribution in [0.5, 0.6) is 0 Å². The van der Waals surface area contributed by atoms with Crippen molar-refractivity contribution in [3.8, 4) is 9.75 Å². The molecule has 0 fully saturated rings. The molecule has 2 heterocycles. The summed E-state index contributed by atoms with van der Waals surface area (Å²) in [7, 11) is 0. The van der Waals surface area contributed by atoms with E-state index in [0.717, 1.165) is 5.69 Å². The first-order valence-corrected chi connectivity index (χ1v) is 8.26. The zero-order valence-corrected chi connectivity index (χ0v) is 13.2. The number of hydrogen-bond donors (Lipinski definition) is 1. The number of thiophene rings is 2. The molecule has 0 aliphatic carbocycles. The number of halogens is 1. The van der Waals surface area contributed by atoms with Gasteiger partial charge in [0.05, 0.1) is 10.7 Å². The van der Waals surface area contributed by atoms with E-state index >= 15 is 0 Å². The molecule has 1 N–H and O–H groups in total. The predicted octanol–water partition coefficient (Wildman–Crippen LogP) is 5.82. The van der Waals surface area contributed by atoms with Crippen LogP contribution in [-0.4, -0.2) is 0 Å². The Kier molecular flexibility index (Phi) is 3.67. The number of hydrogen-bond acceptors (Lipinski definition) is 3. The highest BCUT2D eigenvalue weighted by Crippen LogP contribution is 2.35. The van der Waals surface area contributed by atoms with Gasteiger partial charge < -0.3 is 5.32 Å². The molecule has 0 spiro atoms.